The molecule has 0 radical (unpaired) electrons. The first-order valence-electron chi connectivity index (χ1n) is 15.4. The summed E-state index contributed by atoms with van der Waals surface area (Å²) < 4.78 is 32.4. The minimum atomic E-state index is -1.25. The van der Waals surface area contributed by atoms with Crippen LogP contribution >= 0.6 is 0 Å². The molecule has 13 nitrogen and oxygen atoms in total. The van der Waals surface area contributed by atoms with E-state index in [4.69, 9.17) is 23.7 Å². The van der Waals surface area contributed by atoms with Crippen molar-refractivity contribution in [3.8, 4) is 11.5 Å². The Hall–Kier alpha value is -5.08. The van der Waals surface area contributed by atoms with Crippen LogP contribution in [0.1, 0.15) is 22.9 Å². The third-order valence-electron chi connectivity index (χ3n) is 8.82. The van der Waals surface area contributed by atoms with E-state index in [1.54, 1.807) is 23.7 Å². The van der Waals surface area contributed by atoms with Gasteiger partial charge in [0.25, 0.3) is 5.56 Å². The molecule has 4 atom stereocenters. The Kier molecular flexibility index (Phi) is 8.21. The van der Waals surface area contributed by atoms with Gasteiger partial charge in [0.05, 0.1) is 40.1 Å². The van der Waals surface area contributed by atoms with E-state index in [9.17, 15) is 9.90 Å². The lowest BCUT2D eigenvalue weighted by Crippen LogP contribution is -2.48. The zero-order valence-corrected chi connectivity index (χ0v) is 26.9. The number of nitrogens with zero attached hydrogens (tertiary/aromatic N) is 5. The number of aliphatic imine (C=N–C) groups is 1. The smallest absolute Gasteiger partial charge is 0.280 e. The molecule has 2 aliphatic heterocycles. The molecule has 2 N–H and O–H groups in total. The number of imidazole rings is 1. The molecule has 2 aromatic heterocycles. The summed E-state index contributed by atoms with van der Waals surface area (Å²) in [5.74, 6) is 1.51. The number of H-pyrrole nitrogens is 1. The van der Waals surface area contributed by atoms with Crippen LogP contribution in [0.5, 0.6) is 11.5 Å². The molecule has 4 heterocycles. The van der Waals surface area contributed by atoms with Gasteiger partial charge in [-0.25, -0.2) is 9.98 Å². The summed E-state index contributed by atoms with van der Waals surface area (Å²) >= 11 is 0. The predicted molar refractivity (Wildman–Crippen MR) is 177 cm³/mol. The molecule has 2 aliphatic rings. The lowest BCUT2D eigenvalue weighted by molar-refractivity contribution is -0.202. The van der Waals surface area contributed by atoms with Crippen LogP contribution in [0.3, 0.4) is 0 Å². The molecule has 0 amide bonds. The number of hydrogen-bond acceptors (Lipinski definition) is 10. The molecule has 48 heavy (non-hydrogen) atoms. The maximum Gasteiger partial charge on any atom is 0.280 e. The van der Waals surface area contributed by atoms with Crippen molar-refractivity contribution in [2.45, 2.75) is 29.6 Å². The van der Waals surface area contributed by atoms with Crippen molar-refractivity contribution in [1.29, 1.82) is 0 Å². The van der Waals surface area contributed by atoms with Gasteiger partial charge in [0.15, 0.2) is 17.4 Å². The van der Waals surface area contributed by atoms with Crippen LogP contribution in [0.15, 0.2) is 95.0 Å². The van der Waals surface area contributed by atoms with Gasteiger partial charge in [-0.1, -0.05) is 54.6 Å². The molecule has 0 unspecified atom stereocenters. The number of aliphatic hydroxyl groups is 1. The molecule has 5 aromatic rings. The molecule has 7 rings (SSSR count). The highest BCUT2D eigenvalue weighted by atomic mass is 16.7. The third-order valence-corrected chi connectivity index (χ3v) is 8.82. The van der Waals surface area contributed by atoms with Gasteiger partial charge < -0.3 is 33.7 Å². The molecule has 13 heteroatoms. The maximum absolute atomic E-state index is 12.8. The fraction of sp³-hybridized carbons (Fsp3) is 0.314. The predicted octanol–water partition coefficient (Wildman–Crippen LogP) is 3.39. The Balaban J connectivity index is 1.28. The molecule has 0 saturated carbocycles. The highest BCUT2D eigenvalue weighted by Crippen LogP contribution is 2.48. The van der Waals surface area contributed by atoms with Crippen LogP contribution in [0.4, 0.5) is 5.95 Å². The first-order valence-corrected chi connectivity index (χ1v) is 15.4. The minimum absolute atomic E-state index is 0.0485. The van der Waals surface area contributed by atoms with Gasteiger partial charge in [-0.05, 0) is 41.0 Å². The molecule has 2 fully saturated rings. The number of fused-ring (bicyclic) bond motifs is 3. The Bertz CT molecular complexity index is 1930. The summed E-state index contributed by atoms with van der Waals surface area (Å²) in [6.07, 6.45) is 0.325. The van der Waals surface area contributed by atoms with Crippen LogP contribution in [-0.4, -0.2) is 95.2 Å². The number of aromatic amines is 1. The monoisotopic (exact) mass is 652 g/mol. The van der Waals surface area contributed by atoms with E-state index >= 15 is 0 Å². The van der Waals surface area contributed by atoms with Crippen LogP contribution in [0.25, 0.3) is 11.2 Å². The van der Waals surface area contributed by atoms with Crippen molar-refractivity contribution >= 4 is 23.5 Å². The number of aliphatic hydroxyl groups excluding tert-OH is 1. The molecule has 248 valence electrons. The van der Waals surface area contributed by atoms with Gasteiger partial charge >= 0.3 is 0 Å². The Morgan fingerprint density at radius 3 is 2.25 bits per heavy atom. The SMILES string of the molecule is COc1ccc(C(OC[C@]23CO[C@H]([C@H](n4cnc5c(=O)[nH]c(/N=C/N(C)C)nc54)O2)[C@H]3O)(c2ccccc2)c2ccc(OC)cc2)cc1. The number of ether oxygens (including phenoxy) is 5. The average Bonchev–Trinajstić information content (AvgIpc) is 3.77. The van der Waals surface area contributed by atoms with Crippen molar-refractivity contribution in [1.82, 2.24) is 24.4 Å². The average molecular weight is 653 g/mol. The van der Waals surface area contributed by atoms with Gasteiger partial charge in [-0.15, -0.1) is 0 Å². The summed E-state index contributed by atoms with van der Waals surface area (Å²) in [6, 6.07) is 25.3. The van der Waals surface area contributed by atoms with E-state index in [2.05, 4.69) is 19.9 Å². The quantitative estimate of drug-likeness (QED) is 0.124. The number of aromatic nitrogens is 4. The highest BCUT2D eigenvalue weighted by Gasteiger charge is 2.63. The second-order valence-corrected chi connectivity index (χ2v) is 12.0. The topological polar surface area (TPSA) is 146 Å². The lowest BCUT2D eigenvalue weighted by Gasteiger charge is -2.39. The Labute approximate surface area is 276 Å². The summed E-state index contributed by atoms with van der Waals surface area (Å²) in [4.78, 5) is 30.3. The summed E-state index contributed by atoms with van der Waals surface area (Å²) in [5.41, 5.74) is 0.0823. The van der Waals surface area contributed by atoms with E-state index in [1.807, 2.05) is 93.0 Å². The second kappa shape index (κ2) is 12.5. The van der Waals surface area contributed by atoms with Gasteiger partial charge in [-0.2, -0.15) is 4.98 Å². The number of nitrogens with one attached hydrogen (secondary N) is 1. The van der Waals surface area contributed by atoms with Gasteiger partial charge in [-0.3, -0.25) is 14.3 Å². The van der Waals surface area contributed by atoms with Crippen LogP contribution < -0.4 is 15.0 Å². The zero-order valence-electron chi connectivity index (χ0n) is 26.9. The largest absolute Gasteiger partial charge is 0.497 e. The highest BCUT2D eigenvalue weighted by molar-refractivity contribution is 5.71. The van der Waals surface area contributed by atoms with E-state index in [0.29, 0.717) is 11.5 Å². The van der Waals surface area contributed by atoms with Crippen molar-refractivity contribution in [2.24, 2.45) is 4.99 Å². The van der Waals surface area contributed by atoms with E-state index in [-0.39, 0.29) is 30.3 Å². The van der Waals surface area contributed by atoms with Crippen molar-refractivity contribution < 1.29 is 28.8 Å². The van der Waals surface area contributed by atoms with Gasteiger partial charge in [0.2, 0.25) is 5.95 Å². The zero-order chi connectivity index (χ0) is 33.5. The molecular weight excluding hydrogens is 616 g/mol. The first kappa shape index (κ1) is 31.5. The minimum Gasteiger partial charge on any atom is -0.497 e. The molecule has 2 saturated heterocycles. The fourth-order valence-electron chi connectivity index (χ4n) is 6.38. The standard InChI is InChI=1S/C35H36N6O7/c1-40(2)20-37-33-38-30-27(31(43)39-33)36-21-41(30)32-28-29(42)34(48-32,18-46-28)19-47-35(22-8-6-5-7-9-22,23-10-14-25(44-3)15-11-23)24-12-16-26(45-4)17-13-24/h5-17,20-21,28-29,32,42H,18-19H2,1-4H3,(H,38,39,43)/b37-20+/t28-,29+,32+,34-/m0/s1. The van der Waals surface area contributed by atoms with E-state index in [0.717, 1.165) is 16.7 Å². The number of methoxy groups -OCH3 is 2. The maximum atomic E-state index is 12.8. The first-order chi connectivity index (χ1) is 23.3. The van der Waals surface area contributed by atoms with Gasteiger partial charge in [0.1, 0.15) is 34.9 Å². The Morgan fingerprint density at radius 2 is 1.65 bits per heavy atom. The molecule has 0 spiro atoms. The molecule has 3 aromatic carbocycles. The lowest BCUT2D eigenvalue weighted by atomic mass is 9.79. The second-order valence-electron chi connectivity index (χ2n) is 12.0. The number of rotatable bonds is 11. The number of benzene rings is 3. The molecule has 0 aliphatic carbocycles. The normalized spacial score (nSPS) is 22.1. The summed E-state index contributed by atoms with van der Waals surface area (Å²) in [7, 11) is 6.86. The van der Waals surface area contributed by atoms with Crippen LogP contribution in [-0.2, 0) is 19.8 Å². The van der Waals surface area contributed by atoms with Crippen LogP contribution in [0, 0.1) is 0 Å². The van der Waals surface area contributed by atoms with E-state index in [1.165, 1.54) is 12.7 Å². The van der Waals surface area contributed by atoms with Crippen LogP contribution in [0.2, 0.25) is 0 Å². The van der Waals surface area contributed by atoms with Crippen molar-refractivity contribution in [2.75, 3.05) is 41.5 Å². The van der Waals surface area contributed by atoms with E-state index < -0.39 is 35.2 Å². The molecular formula is C35H36N6O7. The van der Waals surface area contributed by atoms with Crippen molar-refractivity contribution in [3.05, 3.63) is 112 Å². The van der Waals surface area contributed by atoms with Gasteiger partial charge in [0, 0.05) is 14.1 Å². The summed E-state index contributed by atoms with van der Waals surface area (Å²) in [6.45, 7) is 0.0393. The fourth-order valence-corrected chi connectivity index (χ4v) is 6.38. The summed E-state index contributed by atoms with van der Waals surface area (Å²) in [5, 5.41) is 11.7. The number of hydrogen-bond donors (Lipinski definition) is 2. The molecule has 2 bridgehead atoms. The third kappa shape index (κ3) is 5.30. The Morgan fingerprint density at radius 1 is 1.02 bits per heavy atom. The van der Waals surface area contributed by atoms with Crippen molar-refractivity contribution in [3.63, 3.8) is 0 Å².